The highest BCUT2D eigenvalue weighted by atomic mass is 16.3. The van der Waals surface area contributed by atoms with Crippen molar-refractivity contribution in [2.24, 2.45) is 17.6 Å². The predicted molar refractivity (Wildman–Crippen MR) is 114 cm³/mol. The summed E-state index contributed by atoms with van der Waals surface area (Å²) in [5, 5.41) is 42.9. The molecular formula is C24H27NO7. The fourth-order valence-corrected chi connectivity index (χ4v) is 5.48. The zero-order chi connectivity index (χ0) is 23.4. The van der Waals surface area contributed by atoms with Gasteiger partial charge < -0.3 is 26.2 Å². The van der Waals surface area contributed by atoms with Crippen molar-refractivity contribution in [3.63, 3.8) is 0 Å². The quantitative estimate of drug-likeness (QED) is 0.346. The number of aryl methyl sites for hydroxylation is 1. The number of unbranched alkanes of at least 4 members (excludes halogenated alkanes) is 2. The Morgan fingerprint density at radius 2 is 1.88 bits per heavy atom. The van der Waals surface area contributed by atoms with Crippen LogP contribution in [0.25, 0.3) is 0 Å². The number of rotatable bonds is 5. The maximum Gasteiger partial charge on any atom is 0.255 e. The van der Waals surface area contributed by atoms with Gasteiger partial charge in [-0.25, -0.2) is 0 Å². The van der Waals surface area contributed by atoms with Crippen LogP contribution in [-0.4, -0.2) is 43.5 Å². The van der Waals surface area contributed by atoms with Crippen molar-refractivity contribution in [3.8, 4) is 5.75 Å². The Morgan fingerprint density at radius 3 is 2.53 bits per heavy atom. The SMILES string of the molecule is CCCCCc1ccc(O)c2c1C[C@H]1C[C@H]3CC(O)=C(C(N)=O)C(=O)[C@@]3(O)C(O)=C1C2=O. The van der Waals surface area contributed by atoms with E-state index >= 15 is 0 Å². The molecule has 1 aromatic carbocycles. The number of Topliss-reactive ketones (excluding diaryl/α,β-unsaturated/α-hetero) is 2. The van der Waals surface area contributed by atoms with Crippen LogP contribution in [0.15, 0.2) is 34.8 Å². The third-order valence-corrected chi connectivity index (χ3v) is 7.09. The summed E-state index contributed by atoms with van der Waals surface area (Å²) in [7, 11) is 0. The van der Waals surface area contributed by atoms with Gasteiger partial charge in [-0.05, 0) is 48.8 Å². The van der Waals surface area contributed by atoms with Crippen molar-refractivity contribution in [1.29, 1.82) is 0 Å². The van der Waals surface area contributed by atoms with Crippen LogP contribution in [0.2, 0.25) is 0 Å². The first-order valence-corrected chi connectivity index (χ1v) is 10.9. The number of primary amides is 1. The second kappa shape index (κ2) is 7.78. The second-order valence-corrected chi connectivity index (χ2v) is 8.97. The Hall–Kier alpha value is -3.13. The first-order valence-electron chi connectivity index (χ1n) is 10.9. The minimum Gasteiger partial charge on any atom is -0.511 e. The molecule has 0 aliphatic heterocycles. The van der Waals surface area contributed by atoms with Crippen molar-refractivity contribution in [1.82, 2.24) is 0 Å². The van der Waals surface area contributed by atoms with Gasteiger partial charge >= 0.3 is 0 Å². The molecule has 0 bridgehead atoms. The number of carbonyl (C=O) groups excluding carboxylic acids is 3. The largest absolute Gasteiger partial charge is 0.511 e. The van der Waals surface area contributed by atoms with E-state index in [9.17, 15) is 34.8 Å². The number of phenols is 1. The summed E-state index contributed by atoms with van der Waals surface area (Å²) in [5.41, 5.74) is 3.53. The maximum absolute atomic E-state index is 13.4. The average Bonchev–Trinajstić information content (AvgIpc) is 2.72. The number of aliphatic hydroxyl groups excluding tert-OH is 2. The monoisotopic (exact) mass is 441 g/mol. The molecule has 3 atom stereocenters. The number of nitrogens with two attached hydrogens (primary N) is 1. The van der Waals surface area contributed by atoms with Gasteiger partial charge in [0.25, 0.3) is 5.91 Å². The molecule has 0 saturated heterocycles. The van der Waals surface area contributed by atoms with E-state index in [-0.39, 0.29) is 29.7 Å². The van der Waals surface area contributed by atoms with Crippen LogP contribution in [0.5, 0.6) is 5.75 Å². The summed E-state index contributed by atoms with van der Waals surface area (Å²) in [5.74, 6) is -6.03. The second-order valence-electron chi connectivity index (χ2n) is 8.97. The number of carbonyl (C=O) groups is 3. The van der Waals surface area contributed by atoms with E-state index in [2.05, 4.69) is 6.92 Å². The Kier molecular flexibility index (Phi) is 5.36. The summed E-state index contributed by atoms with van der Waals surface area (Å²) in [6.45, 7) is 2.10. The van der Waals surface area contributed by atoms with Crippen LogP contribution in [0.4, 0.5) is 0 Å². The number of allylic oxidation sites excluding steroid dienone is 2. The molecule has 8 nitrogen and oxygen atoms in total. The van der Waals surface area contributed by atoms with Gasteiger partial charge in [0, 0.05) is 17.9 Å². The molecule has 0 fully saturated rings. The Morgan fingerprint density at radius 1 is 1.16 bits per heavy atom. The van der Waals surface area contributed by atoms with Gasteiger partial charge in [-0.15, -0.1) is 0 Å². The molecule has 0 radical (unpaired) electrons. The Bertz CT molecular complexity index is 1100. The van der Waals surface area contributed by atoms with E-state index in [0.29, 0.717) is 6.42 Å². The summed E-state index contributed by atoms with van der Waals surface area (Å²) in [4.78, 5) is 38.0. The summed E-state index contributed by atoms with van der Waals surface area (Å²) in [6, 6.07) is 3.26. The molecule has 1 aromatic rings. The van der Waals surface area contributed by atoms with E-state index in [4.69, 9.17) is 5.73 Å². The van der Waals surface area contributed by atoms with E-state index in [1.165, 1.54) is 6.07 Å². The maximum atomic E-state index is 13.4. The topological polar surface area (TPSA) is 158 Å². The average molecular weight is 441 g/mol. The lowest BCUT2D eigenvalue weighted by atomic mass is 9.60. The standard InChI is InChI=1S/C24H27NO7/c1-2-3-4-5-11-6-7-15(26)18-14(11)9-12-8-13-10-16(27)19(23(25)31)22(30)24(13,32)21(29)17(12)20(18)28/h6-7,12-13,26-27,29,32H,2-5,8-10H2,1H3,(H2,25,31)/t12-,13+,24+/m1/s1. The zero-order valence-corrected chi connectivity index (χ0v) is 17.9. The van der Waals surface area contributed by atoms with Gasteiger partial charge in [-0.1, -0.05) is 25.8 Å². The molecule has 0 heterocycles. The van der Waals surface area contributed by atoms with E-state index in [0.717, 1.165) is 36.8 Å². The molecule has 0 spiro atoms. The molecule has 4 rings (SSSR count). The number of phenolic OH excluding ortho intramolecular Hbond substituents is 1. The van der Waals surface area contributed by atoms with Crippen molar-refractivity contribution < 1.29 is 34.8 Å². The van der Waals surface area contributed by atoms with Gasteiger partial charge in [0.15, 0.2) is 11.4 Å². The zero-order valence-electron chi connectivity index (χ0n) is 17.9. The molecule has 1 amide bonds. The number of ketones is 2. The number of aromatic hydroxyl groups is 1. The number of fused-ring (bicyclic) bond motifs is 3. The van der Waals surface area contributed by atoms with E-state index < -0.39 is 52.0 Å². The van der Waals surface area contributed by atoms with Gasteiger partial charge in [0.05, 0.1) is 5.56 Å². The van der Waals surface area contributed by atoms with Crippen LogP contribution in [-0.2, 0) is 22.4 Å². The fourth-order valence-electron chi connectivity index (χ4n) is 5.48. The smallest absolute Gasteiger partial charge is 0.255 e. The van der Waals surface area contributed by atoms with Crippen LogP contribution >= 0.6 is 0 Å². The number of benzene rings is 1. The van der Waals surface area contributed by atoms with Gasteiger partial charge in [0.1, 0.15) is 22.8 Å². The number of aliphatic hydroxyl groups is 3. The molecule has 6 N–H and O–H groups in total. The molecule has 170 valence electrons. The fraction of sp³-hybridized carbons (Fsp3) is 0.458. The van der Waals surface area contributed by atoms with Crippen LogP contribution in [0, 0.1) is 11.8 Å². The lowest BCUT2D eigenvalue weighted by molar-refractivity contribution is -0.144. The molecule has 3 aliphatic carbocycles. The lowest BCUT2D eigenvalue weighted by Gasteiger charge is -2.45. The van der Waals surface area contributed by atoms with E-state index in [1.807, 2.05) is 6.07 Å². The molecule has 0 unspecified atom stereocenters. The Labute approximate surface area is 185 Å². The van der Waals surface area contributed by atoms with E-state index in [1.54, 1.807) is 0 Å². The molecule has 3 aliphatic rings. The third-order valence-electron chi connectivity index (χ3n) is 7.09. The van der Waals surface area contributed by atoms with Crippen molar-refractivity contribution in [3.05, 3.63) is 51.5 Å². The molecular weight excluding hydrogens is 414 g/mol. The van der Waals surface area contributed by atoms with Crippen molar-refractivity contribution in [2.45, 2.75) is 57.5 Å². The first kappa shape index (κ1) is 22.1. The predicted octanol–water partition coefficient (Wildman–Crippen LogP) is 2.31. The van der Waals surface area contributed by atoms with Crippen LogP contribution < -0.4 is 5.73 Å². The molecule has 0 aromatic heterocycles. The van der Waals surface area contributed by atoms with Crippen molar-refractivity contribution in [2.75, 3.05) is 0 Å². The first-order chi connectivity index (χ1) is 15.1. The summed E-state index contributed by atoms with van der Waals surface area (Å²) >= 11 is 0. The van der Waals surface area contributed by atoms with Crippen molar-refractivity contribution >= 4 is 17.5 Å². The number of hydrogen-bond donors (Lipinski definition) is 5. The third kappa shape index (κ3) is 3.04. The lowest BCUT2D eigenvalue weighted by Crippen LogP contribution is -2.57. The normalized spacial score (nSPS) is 27.2. The summed E-state index contributed by atoms with van der Waals surface area (Å²) < 4.78 is 0. The summed E-state index contributed by atoms with van der Waals surface area (Å²) in [6.07, 6.45) is 4.03. The van der Waals surface area contributed by atoms with Gasteiger partial charge in [0.2, 0.25) is 5.78 Å². The van der Waals surface area contributed by atoms with Crippen LogP contribution in [0.3, 0.4) is 0 Å². The highest BCUT2D eigenvalue weighted by molar-refractivity contribution is 6.24. The highest BCUT2D eigenvalue weighted by Gasteiger charge is 2.59. The van der Waals surface area contributed by atoms with Crippen LogP contribution in [0.1, 0.15) is 60.5 Å². The molecule has 32 heavy (non-hydrogen) atoms. The molecule has 0 saturated carbocycles. The Balaban J connectivity index is 1.83. The highest BCUT2D eigenvalue weighted by Crippen LogP contribution is 2.51. The number of hydrogen-bond acceptors (Lipinski definition) is 7. The minimum absolute atomic E-state index is 0.0793. The molecule has 8 heteroatoms. The van der Waals surface area contributed by atoms with Gasteiger partial charge in [-0.2, -0.15) is 0 Å². The van der Waals surface area contributed by atoms with Gasteiger partial charge in [-0.3, -0.25) is 14.4 Å². The number of amides is 1. The minimum atomic E-state index is -2.52.